The van der Waals surface area contributed by atoms with E-state index in [2.05, 4.69) is 38.1 Å². The lowest BCUT2D eigenvalue weighted by Crippen LogP contribution is -2.04. The summed E-state index contributed by atoms with van der Waals surface area (Å²) in [6.07, 6.45) is 6.34. The van der Waals surface area contributed by atoms with Crippen molar-refractivity contribution in [2.24, 2.45) is 5.92 Å². The molecule has 2 aliphatic carbocycles. The number of hydrogen-bond donors (Lipinski definition) is 0. The molecule has 1 saturated carbocycles. The first kappa shape index (κ1) is 18.0. The fourth-order valence-corrected chi connectivity index (χ4v) is 4.72. The summed E-state index contributed by atoms with van der Waals surface area (Å²) < 4.78 is 5.07. The van der Waals surface area contributed by atoms with Crippen LogP contribution in [0, 0.1) is 5.92 Å². The lowest BCUT2D eigenvalue weighted by Gasteiger charge is -2.19. The van der Waals surface area contributed by atoms with Gasteiger partial charge in [0, 0.05) is 0 Å². The van der Waals surface area contributed by atoms with Crippen molar-refractivity contribution in [2.75, 3.05) is 6.61 Å². The molecule has 2 aromatic rings. The first-order valence-electron chi connectivity index (χ1n) is 10.2. The highest BCUT2D eigenvalue weighted by Crippen LogP contribution is 2.53. The quantitative estimate of drug-likeness (QED) is 0.454. The van der Waals surface area contributed by atoms with Crippen LogP contribution in [0.3, 0.4) is 0 Å². The Labute approximate surface area is 162 Å². The van der Waals surface area contributed by atoms with Crippen LogP contribution in [0.5, 0.6) is 0 Å². The van der Waals surface area contributed by atoms with Gasteiger partial charge in [-0.05, 0) is 83.9 Å². The number of benzene rings is 2. The zero-order valence-corrected chi connectivity index (χ0v) is 16.5. The molecule has 0 aromatic heterocycles. The molecule has 1 fully saturated rings. The molecule has 0 N–H and O–H groups in total. The van der Waals surface area contributed by atoms with Crippen LogP contribution in [0.2, 0.25) is 0 Å². The molecule has 2 bridgehead atoms. The Kier molecular flexibility index (Phi) is 4.90. The summed E-state index contributed by atoms with van der Waals surface area (Å²) >= 11 is 0. The van der Waals surface area contributed by atoms with E-state index in [9.17, 15) is 4.79 Å². The number of esters is 1. The third-order valence-electron chi connectivity index (χ3n) is 6.10. The Hall–Kier alpha value is -2.35. The Morgan fingerprint density at radius 3 is 2.37 bits per heavy atom. The van der Waals surface area contributed by atoms with Crippen LogP contribution in [-0.2, 0) is 4.74 Å². The normalized spacial score (nSPS) is 20.8. The first-order chi connectivity index (χ1) is 13.1. The van der Waals surface area contributed by atoms with Crippen molar-refractivity contribution < 1.29 is 9.53 Å². The van der Waals surface area contributed by atoms with Crippen molar-refractivity contribution in [1.82, 2.24) is 0 Å². The molecule has 0 spiro atoms. The number of rotatable bonds is 5. The first-order valence-corrected chi connectivity index (χ1v) is 10.2. The second-order valence-electron chi connectivity index (χ2n) is 8.15. The summed E-state index contributed by atoms with van der Waals surface area (Å²) in [4.78, 5) is 11.8. The summed E-state index contributed by atoms with van der Waals surface area (Å²) in [7, 11) is 0. The maximum absolute atomic E-state index is 11.8. The highest BCUT2D eigenvalue weighted by molar-refractivity contribution is 5.90. The van der Waals surface area contributed by atoms with Gasteiger partial charge in [-0.1, -0.05) is 50.3 Å². The van der Waals surface area contributed by atoms with E-state index < -0.39 is 0 Å². The smallest absolute Gasteiger partial charge is 0.338 e. The van der Waals surface area contributed by atoms with Crippen LogP contribution in [0.15, 0.2) is 42.5 Å². The lowest BCUT2D eigenvalue weighted by atomic mass is 9.86. The molecule has 4 rings (SSSR count). The predicted molar refractivity (Wildman–Crippen MR) is 111 cm³/mol. The average Bonchev–Trinajstić information content (AvgIpc) is 3.28. The van der Waals surface area contributed by atoms with Gasteiger partial charge in [0.2, 0.25) is 0 Å². The minimum Gasteiger partial charge on any atom is -0.462 e. The van der Waals surface area contributed by atoms with Crippen molar-refractivity contribution in [3.05, 3.63) is 70.3 Å². The van der Waals surface area contributed by atoms with Crippen molar-refractivity contribution >= 4 is 17.6 Å². The molecule has 2 aliphatic rings. The zero-order valence-electron chi connectivity index (χ0n) is 16.5. The Balaban J connectivity index is 1.63. The summed E-state index contributed by atoms with van der Waals surface area (Å²) in [5, 5.41) is 0. The minimum atomic E-state index is -0.259. The molecule has 0 radical (unpaired) electrons. The summed E-state index contributed by atoms with van der Waals surface area (Å²) in [5.41, 5.74) is 7.60. The fraction of sp³-hybridized carbons (Fsp3) is 0.400. The number of ether oxygens (including phenoxy) is 1. The van der Waals surface area contributed by atoms with Crippen LogP contribution < -0.4 is 0 Å². The molecular weight excluding hydrogens is 332 g/mol. The van der Waals surface area contributed by atoms with Gasteiger partial charge in [0.1, 0.15) is 0 Å². The highest BCUT2D eigenvalue weighted by atomic mass is 16.5. The summed E-state index contributed by atoms with van der Waals surface area (Å²) in [6.45, 7) is 6.72. The van der Waals surface area contributed by atoms with Gasteiger partial charge in [-0.25, -0.2) is 4.79 Å². The summed E-state index contributed by atoms with van der Waals surface area (Å²) in [6, 6.07) is 14.8. The van der Waals surface area contributed by atoms with Crippen molar-refractivity contribution in [3.8, 4) is 0 Å². The molecule has 140 valence electrons. The van der Waals surface area contributed by atoms with Gasteiger partial charge in [0.25, 0.3) is 0 Å². The fourth-order valence-electron chi connectivity index (χ4n) is 4.72. The van der Waals surface area contributed by atoms with Gasteiger partial charge in [0.05, 0.1) is 12.2 Å². The number of carbonyl (C=O) groups excluding carboxylic acids is 1. The number of carbonyl (C=O) groups is 1. The van der Waals surface area contributed by atoms with E-state index in [4.69, 9.17) is 4.74 Å². The summed E-state index contributed by atoms with van der Waals surface area (Å²) in [5.74, 6) is 1.76. The molecule has 2 aromatic carbocycles. The maximum Gasteiger partial charge on any atom is 0.338 e. The largest absolute Gasteiger partial charge is 0.462 e. The van der Waals surface area contributed by atoms with Crippen LogP contribution in [0.1, 0.15) is 84.5 Å². The average molecular weight is 360 g/mol. The van der Waals surface area contributed by atoms with E-state index in [1.807, 2.05) is 31.2 Å². The predicted octanol–water partition coefficient (Wildman–Crippen LogP) is 6.42. The maximum atomic E-state index is 11.8. The minimum absolute atomic E-state index is 0.259. The van der Waals surface area contributed by atoms with Crippen LogP contribution in [0.4, 0.5) is 0 Å². The third-order valence-corrected chi connectivity index (χ3v) is 6.10. The monoisotopic (exact) mass is 360 g/mol. The van der Waals surface area contributed by atoms with E-state index in [1.165, 1.54) is 30.4 Å². The highest BCUT2D eigenvalue weighted by Gasteiger charge is 2.36. The standard InChI is InChI=1S/C25H28O2/c1-4-27-25(26)18-7-5-17(6-8-18)13-23(16(2)3)21-11-12-22-19-9-10-20(14-19)24(22)15-21/h5-8,11-13,15-16,19-20H,4,9-10,14H2,1-3H3/t19-,20+/m1/s1. The molecule has 0 saturated heterocycles. The molecule has 0 amide bonds. The second-order valence-corrected chi connectivity index (χ2v) is 8.15. The lowest BCUT2D eigenvalue weighted by molar-refractivity contribution is 0.0526. The van der Waals surface area contributed by atoms with Crippen molar-refractivity contribution in [3.63, 3.8) is 0 Å². The van der Waals surface area contributed by atoms with E-state index in [0.717, 1.165) is 17.4 Å². The Bertz CT molecular complexity index is 874. The van der Waals surface area contributed by atoms with E-state index in [1.54, 1.807) is 11.1 Å². The number of allylic oxidation sites excluding steroid dienone is 1. The zero-order chi connectivity index (χ0) is 19.0. The van der Waals surface area contributed by atoms with Gasteiger partial charge >= 0.3 is 5.97 Å². The van der Waals surface area contributed by atoms with Crippen molar-refractivity contribution in [1.29, 1.82) is 0 Å². The van der Waals surface area contributed by atoms with Gasteiger partial charge in [-0.15, -0.1) is 0 Å². The molecule has 0 heterocycles. The van der Waals surface area contributed by atoms with E-state index in [-0.39, 0.29) is 5.97 Å². The topological polar surface area (TPSA) is 26.3 Å². The van der Waals surface area contributed by atoms with Crippen molar-refractivity contribution in [2.45, 2.75) is 51.9 Å². The van der Waals surface area contributed by atoms with Crippen LogP contribution in [0.25, 0.3) is 11.6 Å². The molecule has 0 unspecified atom stereocenters. The third kappa shape index (κ3) is 3.45. The Morgan fingerprint density at radius 2 is 1.70 bits per heavy atom. The number of fused-ring (bicyclic) bond motifs is 5. The van der Waals surface area contributed by atoms with Crippen LogP contribution in [-0.4, -0.2) is 12.6 Å². The molecule has 2 nitrogen and oxygen atoms in total. The number of hydrogen-bond acceptors (Lipinski definition) is 2. The molecule has 2 heteroatoms. The molecular formula is C25H28O2. The molecule has 2 atom stereocenters. The van der Waals surface area contributed by atoms with Gasteiger partial charge in [-0.2, -0.15) is 0 Å². The Morgan fingerprint density at radius 1 is 1.04 bits per heavy atom. The SMILES string of the molecule is CCOC(=O)c1ccc(C=C(c2ccc3c(c2)[C@H]2CC[C@@H]3C2)C(C)C)cc1. The van der Waals surface area contributed by atoms with Gasteiger partial charge in [-0.3, -0.25) is 0 Å². The van der Waals surface area contributed by atoms with Gasteiger partial charge < -0.3 is 4.74 Å². The molecule has 27 heavy (non-hydrogen) atoms. The molecule has 0 aliphatic heterocycles. The van der Waals surface area contributed by atoms with Crippen LogP contribution >= 0.6 is 0 Å². The van der Waals surface area contributed by atoms with Gasteiger partial charge in [0.15, 0.2) is 0 Å². The second kappa shape index (κ2) is 7.34. The van der Waals surface area contributed by atoms with E-state index in [0.29, 0.717) is 18.1 Å². The van der Waals surface area contributed by atoms with E-state index >= 15 is 0 Å².